The van der Waals surface area contributed by atoms with Crippen molar-refractivity contribution in [2.45, 2.75) is 11.1 Å². The van der Waals surface area contributed by atoms with E-state index in [0.717, 1.165) is 30.0 Å². The quantitative estimate of drug-likeness (QED) is 0.223. The maximum Gasteiger partial charge on any atom is 0.416 e. The fourth-order valence-corrected chi connectivity index (χ4v) is 3.57. The van der Waals surface area contributed by atoms with Gasteiger partial charge in [-0.1, -0.05) is 11.6 Å². The molecule has 176 valence electrons. The minimum absolute atomic E-state index is 0.0144. The molecule has 0 bridgehead atoms. The highest BCUT2D eigenvalue weighted by Crippen LogP contribution is 2.34. The summed E-state index contributed by atoms with van der Waals surface area (Å²) in [4.78, 5) is 35.2. The molecule has 0 saturated carbocycles. The molecule has 0 saturated heterocycles. The van der Waals surface area contributed by atoms with Gasteiger partial charge < -0.3 is 10.6 Å². The molecule has 34 heavy (non-hydrogen) atoms. The van der Waals surface area contributed by atoms with E-state index in [0.29, 0.717) is 10.6 Å². The number of carbonyl (C=O) groups is 2. The van der Waals surface area contributed by atoms with Gasteiger partial charge in [-0.25, -0.2) is 0 Å². The number of nitro benzene ring substituents is 1. The van der Waals surface area contributed by atoms with Gasteiger partial charge in [0.25, 0.3) is 11.6 Å². The molecule has 0 spiro atoms. The normalized spacial score (nSPS) is 11.1. The van der Waals surface area contributed by atoms with Crippen molar-refractivity contribution in [1.29, 1.82) is 0 Å². The van der Waals surface area contributed by atoms with Crippen LogP contribution >= 0.6 is 23.4 Å². The zero-order valence-corrected chi connectivity index (χ0v) is 18.6. The minimum Gasteiger partial charge on any atom is -0.324 e. The molecule has 3 aromatic rings. The van der Waals surface area contributed by atoms with Crippen molar-refractivity contribution < 1.29 is 27.7 Å². The lowest BCUT2D eigenvalue weighted by molar-refractivity contribution is -0.384. The number of hydrogen-bond donors (Lipinski definition) is 2. The molecule has 0 aromatic heterocycles. The van der Waals surface area contributed by atoms with Gasteiger partial charge >= 0.3 is 6.18 Å². The summed E-state index contributed by atoms with van der Waals surface area (Å²) in [5, 5.41) is 15.7. The second-order valence-electron chi connectivity index (χ2n) is 6.81. The number of benzene rings is 3. The number of thioether (sulfide) groups is 1. The van der Waals surface area contributed by atoms with E-state index in [9.17, 15) is 32.9 Å². The molecule has 3 aromatic carbocycles. The van der Waals surface area contributed by atoms with Crippen LogP contribution in [-0.4, -0.2) is 22.5 Å². The summed E-state index contributed by atoms with van der Waals surface area (Å²) in [7, 11) is 0. The van der Waals surface area contributed by atoms with Gasteiger partial charge in [-0.3, -0.25) is 19.7 Å². The lowest BCUT2D eigenvalue weighted by Crippen LogP contribution is -2.15. The molecule has 12 heteroatoms. The summed E-state index contributed by atoms with van der Waals surface area (Å²) < 4.78 is 38.5. The fourth-order valence-electron chi connectivity index (χ4n) is 2.70. The molecule has 0 unspecified atom stereocenters. The second-order valence-corrected chi connectivity index (χ2v) is 8.27. The number of non-ortho nitro benzene ring substituents is 1. The Morgan fingerprint density at radius 1 is 0.971 bits per heavy atom. The first-order valence-electron chi connectivity index (χ1n) is 9.48. The van der Waals surface area contributed by atoms with Crippen molar-refractivity contribution in [2.24, 2.45) is 0 Å². The molecule has 2 N–H and O–H groups in total. The molecule has 0 radical (unpaired) electrons. The van der Waals surface area contributed by atoms with E-state index in [1.807, 2.05) is 0 Å². The van der Waals surface area contributed by atoms with Gasteiger partial charge in [-0.2, -0.15) is 13.2 Å². The largest absolute Gasteiger partial charge is 0.416 e. The van der Waals surface area contributed by atoms with Gasteiger partial charge in [-0.05, 0) is 54.6 Å². The standard InChI is InChI=1S/C22H15ClF3N3O4S/c23-18-10-3-14(22(24,25)26)11-19(18)28-20(30)12-34-17-8-4-15(5-9-17)27-21(31)13-1-6-16(7-2-13)29(32)33/h1-11H,12H2,(H,27,31)(H,28,30). The van der Waals surface area contributed by atoms with Crippen molar-refractivity contribution in [3.63, 3.8) is 0 Å². The molecule has 7 nitrogen and oxygen atoms in total. The number of anilines is 2. The van der Waals surface area contributed by atoms with Gasteiger partial charge in [0.15, 0.2) is 0 Å². The van der Waals surface area contributed by atoms with Crippen molar-refractivity contribution in [1.82, 2.24) is 0 Å². The zero-order chi connectivity index (χ0) is 24.9. The predicted octanol–water partition coefficient (Wildman–Crippen LogP) is 6.25. The number of alkyl halides is 3. The highest BCUT2D eigenvalue weighted by molar-refractivity contribution is 8.00. The number of nitro groups is 1. The third-order valence-corrected chi connectivity index (χ3v) is 5.73. The topological polar surface area (TPSA) is 101 Å². The van der Waals surface area contributed by atoms with Crippen LogP contribution in [0.1, 0.15) is 15.9 Å². The van der Waals surface area contributed by atoms with Crippen molar-refractivity contribution in [3.05, 3.63) is 93.0 Å². The van der Waals surface area contributed by atoms with E-state index in [-0.39, 0.29) is 27.7 Å². The summed E-state index contributed by atoms with van der Waals surface area (Å²) in [6, 6.07) is 14.3. The van der Waals surface area contributed by atoms with Crippen molar-refractivity contribution in [2.75, 3.05) is 16.4 Å². The highest BCUT2D eigenvalue weighted by Gasteiger charge is 2.31. The van der Waals surface area contributed by atoms with Crippen LogP contribution in [0.15, 0.2) is 71.6 Å². The summed E-state index contributed by atoms with van der Waals surface area (Å²) in [5.41, 5.74) is -0.475. The van der Waals surface area contributed by atoms with E-state index in [4.69, 9.17) is 11.6 Å². The van der Waals surface area contributed by atoms with E-state index in [1.54, 1.807) is 24.3 Å². The smallest absolute Gasteiger partial charge is 0.324 e. The van der Waals surface area contributed by atoms with E-state index < -0.39 is 28.5 Å². The summed E-state index contributed by atoms with van der Waals surface area (Å²) >= 11 is 7.02. The van der Waals surface area contributed by atoms with Crippen LogP contribution in [0, 0.1) is 10.1 Å². The summed E-state index contributed by atoms with van der Waals surface area (Å²) in [6.07, 6.45) is -4.56. The van der Waals surface area contributed by atoms with Gasteiger partial charge in [0, 0.05) is 28.3 Å². The first-order chi connectivity index (χ1) is 16.0. The Kier molecular flexibility index (Phi) is 7.79. The molecule has 0 aliphatic heterocycles. The lowest BCUT2D eigenvalue weighted by atomic mass is 10.2. The monoisotopic (exact) mass is 509 g/mol. The van der Waals surface area contributed by atoms with E-state index in [1.165, 1.54) is 24.3 Å². The highest BCUT2D eigenvalue weighted by atomic mass is 35.5. The number of carbonyl (C=O) groups excluding carboxylic acids is 2. The van der Waals surface area contributed by atoms with Gasteiger partial charge in [0.05, 0.1) is 26.9 Å². The fraction of sp³-hybridized carbons (Fsp3) is 0.0909. The Balaban J connectivity index is 1.54. The van der Waals surface area contributed by atoms with Gasteiger partial charge in [0.2, 0.25) is 5.91 Å². The van der Waals surface area contributed by atoms with Crippen LogP contribution in [-0.2, 0) is 11.0 Å². The van der Waals surface area contributed by atoms with E-state index in [2.05, 4.69) is 10.6 Å². The number of nitrogens with one attached hydrogen (secondary N) is 2. The first-order valence-corrected chi connectivity index (χ1v) is 10.8. The second kappa shape index (κ2) is 10.6. The molecular weight excluding hydrogens is 495 g/mol. The molecular formula is C22H15ClF3N3O4S. The molecule has 0 aliphatic rings. The average Bonchev–Trinajstić information content (AvgIpc) is 2.79. The molecule has 0 aliphatic carbocycles. The third kappa shape index (κ3) is 6.72. The Morgan fingerprint density at radius 2 is 1.62 bits per heavy atom. The van der Waals surface area contributed by atoms with Crippen LogP contribution in [0.4, 0.5) is 30.2 Å². The van der Waals surface area contributed by atoms with Gasteiger partial charge in [0.1, 0.15) is 0 Å². The number of nitrogens with zero attached hydrogens (tertiary/aromatic N) is 1. The van der Waals surface area contributed by atoms with Crippen molar-refractivity contribution in [3.8, 4) is 0 Å². The van der Waals surface area contributed by atoms with Crippen LogP contribution < -0.4 is 10.6 Å². The maximum absolute atomic E-state index is 12.8. The van der Waals surface area contributed by atoms with Crippen LogP contribution in [0.5, 0.6) is 0 Å². The Morgan fingerprint density at radius 3 is 2.21 bits per heavy atom. The summed E-state index contributed by atoms with van der Waals surface area (Å²) in [5.74, 6) is -1.07. The maximum atomic E-state index is 12.8. The molecule has 2 amide bonds. The number of rotatable bonds is 7. The lowest BCUT2D eigenvalue weighted by Gasteiger charge is -2.11. The zero-order valence-electron chi connectivity index (χ0n) is 17.1. The Labute approximate surface area is 200 Å². The Hall–Kier alpha value is -3.57. The third-order valence-electron chi connectivity index (χ3n) is 4.39. The van der Waals surface area contributed by atoms with Crippen LogP contribution in [0.3, 0.4) is 0 Å². The number of amides is 2. The van der Waals surface area contributed by atoms with Crippen LogP contribution in [0.25, 0.3) is 0 Å². The SMILES string of the molecule is O=C(CSc1ccc(NC(=O)c2ccc([N+](=O)[O-])cc2)cc1)Nc1cc(C(F)(F)F)ccc1Cl. The van der Waals surface area contributed by atoms with Crippen molar-refractivity contribution >= 4 is 52.2 Å². The minimum atomic E-state index is -4.56. The Bertz CT molecular complexity index is 1220. The summed E-state index contributed by atoms with van der Waals surface area (Å²) in [6.45, 7) is 0. The van der Waals surface area contributed by atoms with E-state index >= 15 is 0 Å². The molecule has 3 rings (SSSR count). The van der Waals surface area contributed by atoms with Crippen LogP contribution in [0.2, 0.25) is 5.02 Å². The van der Waals surface area contributed by atoms with Gasteiger partial charge in [-0.15, -0.1) is 11.8 Å². The molecule has 0 atom stereocenters. The number of halogens is 4. The first kappa shape index (κ1) is 25.1. The average molecular weight is 510 g/mol. The predicted molar refractivity (Wildman–Crippen MR) is 123 cm³/mol. The molecule has 0 heterocycles. The number of hydrogen-bond acceptors (Lipinski definition) is 5. The molecule has 0 fully saturated rings.